The molecule has 1 saturated heterocycles. The first-order valence-corrected chi connectivity index (χ1v) is 8.91. The Balaban J connectivity index is 1.54. The van der Waals surface area contributed by atoms with Gasteiger partial charge >= 0.3 is 0 Å². The Hall–Kier alpha value is -2.19. The Morgan fingerprint density at radius 1 is 1.00 bits per heavy atom. The number of aliphatic hydroxyl groups is 1. The maximum Gasteiger partial charge on any atom is 0.0991 e. The quantitative estimate of drug-likeness (QED) is 0.852. The highest BCUT2D eigenvalue weighted by Gasteiger charge is 2.17. The van der Waals surface area contributed by atoms with E-state index in [1.807, 2.05) is 24.3 Å². The molecule has 2 aromatic carbocycles. The van der Waals surface area contributed by atoms with Crippen LogP contribution in [0.4, 0.5) is 0 Å². The van der Waals surface area contributed by atoms with Gasteiger partial charge in [0, 0.05) is 32.7 Å². The molecule has 130 valence electrons. The van der Waals surface area contributed by atoms with E-state index in [0.29, 0.717) is 5.56 Å². The molecule has 0 radical (unpaired) electrons. The predicted molar refractivity (Wildman–Crippen MR) is 98.7 cm³/mol. The van der Waals surface area contributed by atoms with Crippen molar-refractivity contribution in [2.75, 3.05) is 13.1 Å². The van der Waals surface area contributed by atoms with Crippen molar-refractivity contribution in [1.82, 2.24) is 10.2 Å². The normalized spacial score (nSPS) is 15.8. The third-order valence-corrected chi connectivity index (χ3v) is 4.80. The lowest BCUT2D eigenvalue weighted by Gasteiger charge is -2.30. The molecule has 0 saturated carbocycles. The Morgan fingerprint density at radius 2 is 1.68 bits per heavy atom. The second kappa shape index (κ2) is 8.77. The van der Waals surface area contributed by atoms with Gasteiger partial charge in [-0.3, -0.25) is 4.90 Å². The number of nitrogens with one attached hydrogen (secondary N) is 1. The third-order valence-electron chi connectivity index (χ3n) is 4.80. The van der Waals surface area contributed by atoms with E-state index in [-0.39, 0.29) is 6.10 Å². The predicted octanol–water partition coefficient (Wildman–Crippen LogP) is 2.80. The minimum absolute atomic E-state index is 0.124. The maximum atomic E-state index is 9.65. The largest absolute Gasteiger partial charge is 0.393 e. The average Bonchev–Trinajstić information content (AvgIpc) is 2.65. The number of hydrogen-bond acceptors (Lipinski definition) is 4. The lowest BCUT2D eigenvalue weighted by atomic mass is 10.0. The summed E-state index contributed by atoms with van der Waals surface area (Å²) in [5, 5.41) is 22.0. The molecule has 0 aromatic heterocycles. The van der Waals surface area contributed by atoms with Crippen LogP contribution in [0.25, 0.3) is 0 Å². The summed E-state index contributed by atoms with van der Waals surface area (Å²) in [6.07, 6.45) is 1.62. The van der Waals surface area contributed by atoms with E-state index in [0.717, 1.165) is 45.6 Å². The Morgan fingerprint density at radius 3 is 2.36 bits per heavy atom. The molecule has 4 nitrogen and oxygen atoms in total. The number of benzene rings is 2. The lowest BCUT2D eigenvalue weighted by Crippen LogP contribution is -2.35. The van der Waals surface area contributed by atoms with Crippen molar-refractivity contribution in [2.24, 2.45) is 0 Å². The summed E-state index contributed by atoms with van der Waals surface area (Å²) in [7, 11) is 0. The zero-order chi connectivity index (χ0) is 17.5. The molecule has 1 aliphatic rings. The lowest BCUT2D eigenvalue weighted by molar-refractivity contribution is 0.0791. The summed E-state index contributed by atoms with van der Waals surface area (Å²) in [5.74, 6) is 0. The van der Waals surface area contributed by atoms with Crippen LogP contribution in [0.5, 0.6) is 0 Å². The molecule has 0 spiro atoms. The van der Waals surface area contributed by atoms with E-state index in [1.54, 1.807) is 0 Å². The van der Waals surface area contributed by atoms with Gasteiger partial charge in [-0.05, 0) is 41.7 Å². The van der Waals surface area contributed by atoms with Crippen LogP contribution in [0.1, 0.15) is 35.1 Å². The van der Waals surface area contributed by atoms with Gasteiger partial charge in [0.25, 0.3) is 0 Å². The molecule has 0 aliphatic carbocycles. The summed E-state index contributed by atoms with van der Waals surface area (Å²) < 4.78 is 0. The Kier molecular flexibility index (Phi) is 6.19. The van der Waals surface area contributed by atoms with Gasteiger partial charge in [0.2, 0.25) is 0 Å². The van der Waals surface area contributed by atoms with Gasteiger partial charge in [-0.15, -0.1) is 0 Å². The summed E-state index contributed by atoms with van der Waals surface area (Å²) in [6, 6.07) is 18.4. The second-order valence-electron chi connectivity index (χ2n) is 6.69. The van der Waals surface area contributed by atoms with E-state index in [4.69, 9.17) is 5.26 Å². The van der Waals surface area contributed by atoms with Gasteiger partial charge in [-0.1, -0.05) is 36.4 Å². The van der Waals surface area contributed by atoms with Gasteiger partial charge in [0.05, 0.1) is 17.7 Å². The first-order chi connectivity index (χ1) is 12.2. The number of likely N-dealkylation sites (tertiary alicyclic amines) is 1. The van der Waals surface area contributed by atoms with Gasteiger partial charge in [0.15, 0.2) is 0 Å². The van der Waals surface area contributed by atoms with Gasteiger partial charge in [-0.25, -0.2) is 0 Å². The van der Waals surface area contributed by atoms with Crippen LogP contribution in [0.3, 0.4) is 0 Å². The van der Waals surface area contributed by atoms with Crippen molar-refractivity contribution in [3.05, 3.63) is 70.8 Å². The number of rotatable bonds is 6. The van der Waals surface area contributed by atoms with Crippen LogP contribution in [0.15, 0.2) is 48.5 Å². The van der Waals surface area contributed by atoms with Gasteiger partial charge < -0.3 is 10.4 Å². The van der Waals surface area contributed by atoms with Crippen LogP contribution in [0.2, 0.25) is 0 Å². The summed E-state index contributed by atoms with van der Waals surface area (Å²) in [5.41, 5.74) is 4.55. The van der Waals surface area contributed by atoms with Crippen LogP contribution in [-0.4, -0.2) is 29.2 Å². The van der Waals surface area contributed by atoms with Crippen LogP contribution in [0, 0.1) is 11.3 Å². The number of hydrogen-bond donors (Lipinski definition) is 2. The molecule has 0 unspecified atom stereocenters. The van der Waals surface area contributed by atoms with E-state index < -0.39 is 0 Å². The highest BCUT2D eigenvalue weighted by atomic mass is 16.3. The van der Waals surface area contributed by atoms with Gasteiger partial charge in [0.1, 0.15) is 0 Å². The van der Waals surface area contributed by atoms with E-state index >= 15 is 0 Å². The zero-order valence-electron chi connectivity index (χ0n) is 14.5. The van der Waals surface area contributed by atoms with Crippen molar-refractivity contribution in [2.45, 2.75) is 38.6 Å². The smallest absolute Gasteiger partial charge is 0.0991 e. The number of nitriles is 1. The molecule has 1 fully saturated rings. The summed E-state index contributed by atoms with van der Waals surface area (Å²) >= 11 is 0. The van der Waals surface area contributed by atoms with Crippen LogP contribution in [-0.2, 0) is 19.6 Å². The maximum absolute atomic E-state index is 9.65. The molecule has 0 atom stereocenters. The monoisotopic (exact) mass is 335 g/mol. The first-order valence-electron chi connectivity index (χ1n) is 8.91. The van der Waals surface area contributed by atoms with Crippen LogP contribution < -0.4 is 5.32 Å². The summed E-state index contributed by atoms with van der Waals surface area (Å²) in [6.45, 7) is 4.49. The van der Waals surface area contributed by atoms with E-state index in [1.165, 1.54) is 16.7 Å². The molecule has 4 heteroatoms. The highest BCUT2D eigenvalue weighted by Crippen LogP contribution is 2.16. The van der Waals surface area contributed by atoms with E-state index in [2.05, 4.69) is 40.6 Å². The highest BCUT2D eigenvalue weighted by molar-refractivity contribution is 5.32. The molecule has 2 N–H and O–H groups in total. The Labute approximate surface area is 149 Å². The molecule has 1 heterocycles. The average molecular weight is 335 g/mol. The standard InChI is InChI=1S/C21H25N3O/c22-13-17-5-7-18(8-6-17)14-23-15-19-3-1-2-4-20(19)16-24-11-9-21(25)10-12-24/h1-8,21,23,25H,9-12,14-16H2. The summed E-state index contributed by atoms with van der Waals surface area (Å²) in [4.78, 5) is 2.42. The number of aliphatic hydroxyl groups excluding tert-OH is 1. The zero-order valence-corrected chi connectivity index (χ0v) is 14.5. The number of nitrogens with zero attached hydrogens (tertiary/aromatic N) is 2. The van der Waals surface area contributed by atoms with Crippen molar-refractivity contribution in [3.8, 4) is 6.07 Å². The Bertz CT molecular complexity index is 713. The first kappa shape index (κ1) is 17.6. The van der Waals surface area contributed by atoms with Crippen molar-refractivity contribution in [1.29, 1.82) is 5.26 Å². The molecule has 0 bridgehead atoms. The molecule has 1 aliphatic heterocycles. The molecular formula is C21H25N3O. The number of piperidine rings is 1. The fraction of sp³-hybridized carbons (Fsp3) is 0.381. The minimum Gasteiger partial charge on any atom is -0.393 e. The van der Waals surface area contributed by atoms with E-state index in [9.17, 15) is 5.11 Å². The third kappa shape index (κ3) is 5.14. The van der Waals surface area contributed by atoms with Gasteiger partial charge in [-0.2, -0.15) is 5.26 Å². The van der Waals surface area contributed by atoms with Crippen LogP contribution >= 0.6 is 0 Å². The van der Waals surface area contributed by atoms with Crippen molar-refractivity contribution >= 4 is 0 Å². The molecule has 25 heavy (non-hydrogen) atoms. The minimum atomic E-state index is -0.124. The molecule has 2 aromatic rings. The van der Waals surface area contributed by atoms with Crippen molar-refractivity contribution in [3.63, 3.8) is 0 Å². The second-order valence-corrected chi connectivity index (χ2v) is 6.69. The molecule has 3 rings (SSSR count). The fourth-order valence-corrected chi connectivity index (χ4v) is 3.24. The molecular weight excluding hydrogens is 310 g/mol. The molecule has 0 amide bonds. The van der Waals surface area contributed by atoms with Crippen molar-refractivity contribution < 1.29 is 5.11 Å². The topological polar surface area (TPSA) is 59.3 Å². The SMILES string of the molecule is N#Cc1ccc(CNCc2ccccc2CN2CCC(O)CC2)cc1. The fourth-order valence-electron chi connectivity index (χ4n) is 3.24.